The summed E-state index contributed by atoms with van der Waals surface area (Å²) in [5, 5.41) is 0. The minimum atomic E-state index is 0.405. The third-order valence-electron chi connectivity index (χ3n) is 7.31. The number of aryl methyl sites for hydroxylation is 2. The van der Waals surface area contributed by atoms with Crippen molar-refractivity contribution in [2.75, 3.05) is 4.90 Å². The number of hydrogen-bond acceptors (Lipinski definition) is 2. The van der Waals surface area contributed by atoms with Crippen LogP contribution in [0.2, 0.25) is 0 Å². The van der Waals surface area contributed by atoms with Crippen LogP contribution in [-0.4, -0.2) is 9.55 Å². The van der Waals surface area contributed by atoms with Gasteiger partial charge < -0.3 is 4.90 Å². The average Bonchev–Trinajstić information content (AvgIpc) is 3.24. The van der Waals surface area contributed by atoms with E-state index in [1.165, 1.54) is 50.5 Å². The molecule has 3 heteroatoms. The van der Waals surface area contributed by atoms with Gasteiger partial charge in [-0.25, -0.2) is 4.98 Å². The van der Waals surface area contributed by atoms with Crippen LogP contribution in [0.25, 0.3) is 28.1 Å². The highest BCUT2D eigenvalue weighted by Gasteiger charge is 2.32. The van der Waals surface area contributed by atoms with Gasteiger partial charge in [0.1, 0.15) is 5.82 Å². The van der Waals surface area contributed by atoms with Crippen molar-refractivity contribution < 1.29 is 0 Å². The fraction of sp³-hybridized carbons (Fsp3) is 0.242. The average molecular weight is 472 g/mol. The van der Waals surface area contributed by atoms with Crippen molar-refractivity contribution in [3.63, 3.8) is 0 Å². The monoisotopic (exact) mass is 471 g/mol. The molecule has 0 amide bonds. The van der Waals surface area contributed by atoms with E-state index >= 15 is 0 Å². The molecule has 0 fully saturated rings. The Hall–Kier alpha value is -3.85. The zero-order valence-corrected chi connectivity index (χ0v) is 22.0. The molecule has 0 bridgehead atoms. The number of fused-ring (bicyclic) bond motifs is 2. The number of benzene rings is 4. The van der Waals surface area contributed by atoms with Gasteiger partial charge in [-0.05, 0) is 73.2 Å². The molecule has 1 aliphatic heterocycles. The normalized spacial score (nSPS) is 12.6. The molecule has 0 atom stereocenters. The molecule has 0 spiro atoms. The second-order valence-electron chi connectivity index (χ2n) is 10.7. The van der Waals surface area contributed by atoms with E-state index in [0.29, 0.717) is 11.8 Å². The van der Waals surface area contributed by atoms with Gasteiger partial charge >= 0.3 is 0 Å². The van der Waals surface area contributed by atoms with Gasteiger partial charge in [-0.2, -0.15) is 0 Å². The minimum absolute atomic E-state index is 0.405. The third kappa shape index (κ3) is 3.37. The Morgan fingerprint density at radius 3 is 1.86 bits per heavy atom. The summed E-state index contributed by atoms with van der Waals surface area (Å²) in [7, 11) is 0. The summed E-state index contributed by atoms with van der Waals surface area (Å²) in [6.07, 6.45) is 0. The fourth-order valence-corrected chi connectivity index (χ4v) is 5.80. The fourth-order valence-electron chi connectivity index (χ4n) is 5.80. The molecule has 3 nitrogen and oxygen atoms in total. The number of aromatic nitrogens is 2. The smallest absolute Gasteiger partial charge is 0.145 e. The number of para-hydroxylation sites is 4. The molecule has 180 valence electrons. The molecule has 0 N–H and O–H groups in total. The summed E-state index contributed by atoms with van der Waals surface area (Å²) >= 11 is 0. The molecule has 1 aliphatic rings. The Bertz CT molecular complexity index is 1570. The highest BCUT2D eigenvalue weighted by Crippen LogP contribution is 2.51. The number of nitrogens with zero attached hydrogens (tertiary/aromatic N) is 3. The third-order valence-corrected chi connectivity index (χ3v) is 7.31. The van der Waals surface area contributed by atoms with Crippen molar-refractivity contribution in [3.8, 4) is 17.1 Å². The zero-order valence-electron chi connectivity index (χ0n) is 22.0. The number of anilines is 3. The predicted octanol–water partition coefficient (Wildman–Crippen LogP) is 9.34. The Balaban J connectivity index is 1.74. The quantitative estimate of drug-likeness (QED) is 0.255. The van der Waals surface area contributed by atoms with Gasteiger partial charge in [0.05, 0.1) is 33.8 Å². The van der Waals surface area contributed by atoms with Crippen LogP contribution in [0.1, 0.15) is 61.8 Å². The largest absolute Gasteiger partial charge is 0.306 e. The predicted molar refractivity (Wildman–Crippen MR) is 152 cm³/mol. The first-order valence-corrected chi connectivity index (χ1v) is 13.0. The van der Waals surface area contributed by atoms with E-state index in [-0.39, 0.29) is 0 Å². The van der Waals surface area contributed by atoms with E-state index in [0.717, 1.165) is 16.9 Å². The van der Waals surface area contributed by atoms with E-state index in [2.05, 4.69) is 130 Å². The van der Waals surface area contributed by atoms with E-state index in [1.54, 1.807) is 0 Å². The van der Waals surface area contributed by atoms with Crippen LogP contribution in [-0.2, 0) is 0 Å². The standard InChI is InChI=1S/C33H33N3/c1-20(2)25-11-9-12-26(21(3)4)31(25)35-28-14-7-8-15-29(28)36-32-27(13-10-16-30(32)35)34-33(36)24-18-22(5)17-23(6)19-24/h7-21H,1-6H3. The van der Waals surface area contributed by atoms with Crippen molar-refractivity contribution in [2.24, 2.45) is 0 Å². The van der Waals surface area contributed by atoms with Gasteiger partial charge in [-0.1, -0.05) is 81.3 Å². The summed E-state index contributed by atoms with van der Waals surface area (Å²) in [4.78, 5) is 7.71. The zero-order chi connectivity index (χ0) is 25.1. The van der Waals surface area contributed by atoms with E-state index < -0.39 is 0 Å². The summed E-state index contributed by atoms with van der Waals surface area (Å²) < 4.78 is 2.37. The maximum Gasteiger partial charge on any atom is 0.145 e. The molecule has 0 aliphatic carbocycles. The van der Waals surface area contributed by atoms with Crippen molar-refractivity contribution in [1.82, 2.24) is 9.55 Å². The SMILES string of the molecule is Cc1cc(C)cc(-c2nc3cccc4c3n2-c2ccccc2N4c2c(C(C)C)cccc2C(C)C)c1. The van der Waals surface area contributed by atoms with Crippen LogP contribution in [0.4, 0.5) is 17.1 Å². The van der Waals surface area contributed by atoms with Crippen LogP contribution < -0.4 is 4.90 Å². The summed E-state index contributed by atoms with van der Waals surface area (Å²) in [6, 6.07) is 28.8. The van der Waals surface area contributed by atoms with Crippen molar-refractivity contribution in [1.29, 1.82) is 0 Å². The summed E-state index contributed by atoms with van der Waals surface area (Å²) in [6.45, 7) is 13.5. The van der Waals surface area contributed by atoms with Crippen molar-refractivity contribution in [2.45, 2.75) is 53.4 Å². The lowest BCUT2D eigenvalue weighted by atomic mass is 9.91. The maximum absolute atomic E-state index is 5.22. The molecule has 5 aromatic rings. The molecule has 0 saturated heterocycles. The molecule has 6 rings (SSSR count). The van der Waals surface area contributed by atoms with Crippen LogP contribution in [0.15, 0.2) is 78.9 Å². The molecule has 1 aromatic heterocycles. The molecule has 0 radical (unpaired) electrons. The van der Waals surface area contributed by atoms with E-state index in [4.69, 9.17) is 4.98 Å². The lowest BCUT2D eigenvalue weighted by Crippen LogP contribution is -2.21. The van der Waals surface area contributed by atoms with Crippen LogP contribution in [0, 0.1) is 13.8 Å². The molecule has 36 heavy (non-hydrogen) atoms. The Morgan fingerprint density at radius 1 is 0.639 bits per heavy atom. The molecule has 4 aromatic carbocycles. The van der Waals surface area contributed by atoms with E-state index in [1.807, 2.05) is 0 Å². The first-order valence-electron chi connectivity index (χ1n) is 13.0. The molecular formula is C33H33N3. The highest BCUT2D eigenvalue weighted by molar-refractivity contribution is 6.03. The number of imidazole rings is 1. The first kappa shape index (κ1) is 22.6. The van der Waals surface area contributed by atoms with Gasteiger partial charge in [0.2, 0.25) is 0 Å². The number of rotatable bonds is 4. The van der Waals surface area contributed by atoms with Crippen molar-refractivity contribution in [3.05, 3.63) is 101 Å². The maximum atomic E-state index is 5.22. The lowest BCUT2D eigenvalue weighted by molar-refractivity contribution is 0.830. The molecule has 0 saturated carbocycles. The molecular weight excluding hydrogens is 438 g/mol. The van der Waals surface area contributed by atoms with E-state index in [9.17, 15) is 0 Å². The molecule has 2 heterocycles. The van der Waals surface area contributed by atoms with Gasteiger partial charge in [-0.15, -0.1) is 0 Å². The number of hydrogen-bond donors (Lipinski definition) is 0. The first-order chi connectivity index (χ1) is 17.3. The Kier molecular flexibility index (Phi) is 5.26. The topological polar surface area (TPSA) is 21.1 Å². The summed E-state index contributed by atoms with van der Waals surface area (Å²) in [5.74, 6) is 1.81. The van der Waals surface area contributed by atoms with Crippen LogP contribution in [0.5, 0.6) is 0 Å². The van der Waals surface area contributed by atoms with Gasteiger partial charge in [0.25, 0.3) is 0 Å². The minimum Gasteiger partial charge on any atom is -0.306 e. The van der Waals surface area contributed by atoms with Crippen molar-refractivity contribution >= 4 is 28.1 Å². The Labute approximate surface area is 214 Å². The molecule has 0 unspecified atom stereocenters. The highest BCUT2D eigenvalue weighted by atomic mass is 15.2. The van der Waals surface area contributed by atoms with Crippen LogP contribution >= 0.6 is 0 Å². The van der Waals surface area contributed by atoms with Gasteiger partial charge in [0.15, 0.2) is 0 Å². The second kappa shape index (κ2) is 8.37. The van der Waals surface area contributed by atoms with Gasteiger partial charge in [-0.3, -0.25) is 4.57 Å². The Morgan fingerprint density at radius 2 is 1.22 bits per heavy atom. The van der Waals surface area contributed by atoms with Crippen LogP contribution in [0.3, 0.4) is 0 Å². The lowest BCUT2D eigenvalue weighted by Gasteiger charge is -2.36. The second-order valence-corrected chi connectivity index (χ2v) is 10.7. The van der Waals surface area contributed by atoms with Gasteiger partial charge in [0, 0.05) is 5.56 Å². The summed E-state index contributed by atoms with van der Waals surface area (Å²) in [5.41, 5.74) is 13.4.